The second-order valence-electron chi connectivity index (χ2n) is 8.39. The van der Waals surface area contributed by atoms with Crippen LogP contribution in [0.3, 0.4) is 0 Å². The Balaban J connectivity index is 1.19. The molecule has 1 aliphatic rings. The minimum absolute atomic E-state index is 0.165. The van der Waals surface area contributed by atoms with E-state index < -0.39 is 6.10 Å². The summed E-state index contributed by atoms with van der Waals surface area (Å²) in [6, 6.07) is 25.3. The molecule has 184 valence electrons. The summed E-state index contributed by atoms with van der Waals surface area (Å²) >= 11 is 0. The number of rotatable bonds is 9. The van der Waals surface area contributed by atoms with Gasteiger partial charge in [-0.05, 0) is 60.2 Å². The van der Waals surface area contributed by atoms with Crippen LogP contribution in [-0.4, -0.2) is 48.6 Å². The molecule has 0 bridgehead atoms. The van der Waals surface area contributed by atoms with Crippen LogP contribution in [0.1, 0.15) is 5.56 Å². The van der Waals surface area contributed by atoms with Gasteiger partial charge < -0.3 is 24.4 Å². The molecule has 5 rings (SSSR count). The topological polar surface area (TPSA) is 77.9 Å². The third kappa shape index (κ3) is 5.43. The van der Waals surface area contributed by atoms with E-state index in [2.05, 4.69) is 27.4 Å². The third-order valence-electron chi connectivity index (χ3n) is 5.96. The fraction of sp³-hybridized carbons (Fsp3) is 0.214. The number of nitrogens with zero attached hydrogens (tertiary/aromatic N) is 3. The Morgan fingerprint density at radius 3 is 2.56 bits per heavy atom. The molecule has 0 aliphatic carbocycles. The van der Waals surface area contributed by atoms with Crippen LogP contribution < -0.4 is 24.4 Å². The molecule has 1 aromatic heterocycles. The normalized spacial score (nSPS) is 14.5. The van der Waals surface area contributed by atoms with Crippen molar-refractivity contribution in [2.75, 3.05) is 31.7 Å². The van der Waals surface area contributed by atoms with E-state index in [9.17, 15) is 4.79 Å². The smallest absolute Gasteiger partial charge is 0.263 e. The van der Waals surface area contributed by atoms with Gasteiger partial charge in [0.25, 0.3) is 5.91 Å². The van der Waals surface area contributed by atoms with Crippen LogP contribution in [-0.2, 0) is 11.3 Å². The van der Waals surface area contributed by atoms with Crippen LogP contribution in [0.4, 0.5) is 5.69 Å². The number of hydrogen-bond acceptors (Lipinski definition) is 6. The van der Waals surface area contributed by atoms with Crippen molar-refractivity contribution >= 4 is 11.6 Å². The summed E-state index contributed by atoms with van der Waals surface area (Å²) in [5.74, 6) is 2.02. The lowest BCUT2D eigenvalue weighted by Crippen LogP contribution is -2.49. The van der Waals surface area contributed by atoms with Crippen molar-refractivity contribution in [2.45, 2.75) is 12.6 Å². The third-order valence-corrected chi connectivity index (χ3v) is 5.96. The van der Waals surface area contributed by atoms with Crippen LogP contribution in [0, 0.1) is 0 Å². The molecule has 0 saturated carbocycles. The number of carbonyl (C=O) groups excluding carboxylic acids is 1. The van der Waals surface area contributed by atoms with E-state index in [4.69, 9.17) is 14.2 Å². The first-order valence-electron chi connectivity index (χ1n) is 11.8. The largest absolute Gasteiger partial charge is 0.497 e. The maximum atomic E-state index is 12.9. The van der Waals surface area contributed by atoms with Crippen molar-refractivity contribution in [1.82, 2.24) is 15.1 Å². The molecule has 8 nitrogen and oxygen atoms in total. The molecule has 0 fully saturated rings. The molecule has 1 amide bonds. The lowest BCUT2D eigenvalue weighted by molar-refractivity contribution is -0.128. The molecule has 1 N–H and O–H groups in total. The van der Waals surface area contributed by atoms with Crippen LogP contribution in [0.15, 0.2) is 91.3 Å². The summed E-state index contributed by atoms with van der Waals surface area (Å²) in [7, 11) is 1.62. The minimum Gasteiger partial charge on any atom is -0.497 e. The predicted octanol–water partition coefficient (Wildman–Crippen LogP) is 3.84. The highest BCUT2D eigenvalue weighted by atomic mass is 16.5. The van der Waals surface area contributed by atoms with Gasteiger partial charge in [-0.25, -0.2) is 4.68 Å². The summed E-state index contributed by atoms with van der Waals surface area (Å²) < 4.78 is 18.7. The molecule has 0 saturated heterocycles. The first-order valence-corrected chi connectivity index (χ1v) is 11.8. The zero-order valence-electron chi connectivity index (χ0n) is 20.0. The Morgan fingerprint density at radius 1 is 1.03 bits per heavy atom. The summed E-state index contributed by atoms with van der Waals surface area (Å²) in [6.45, 7) is 1.84. The zero-order valence-corrected chi connectivity index (χ0v) is 20.0. The van der Waals surface area contributed by atoms with Gasteiger partial charge in [-0.15, -0.1) is 0 Å². The number of anilines is 1. The molecule has 0 spiro atoms. The van der Waals surface area contributed by atoms with Gasteiger partial charge in [-0.2, -0.15) is 5.10 Å². The predicted molar refractivity (Wildman–Crippen MR) is 137 cm³/mol. The maximum absolute atomic E-state index is 12.9. The number of ether oxygens (including phenoxy) is 3. The van der Waals surface area contributed by atoms with E-state index in [1.807, 2.05) is 77.6 Å². The van der Waals surface area contributed by atoms with Gasteiger partial charge in [0.15, 0.2) is 6.10 Å². The monoisotopic (exact) mass is 484 g/mol. The van der Waals surface area contributed by atoms with Crippen LogP contribution in [0.5, 0.6) is 17.2 Å². The molecule has 8 heteroatoms. The number of amides is 1. The lowest BCUT2D eigenvalue weighted by atomic mass is 10.1. The fourth-order valence-corrected chi connectivity index (χ4v) is 4.12. The second kappa shape index (κ2) is 10.9. The molecule has 1 atom stereocenters. The highest BCUT2D eigenvalue weighted by Gasteiger charge is 2.30. The summed E-state index contributed by atoms with van der Waals surface area (Å²) in [5, 5.41) is 7.21. The molecular weight excluding hydrogens is 456 g/mol. The van der Waals surface area contributed by atoms with Gasteiger partial charge in [-0.1, -0.05) is 24.3 Å². The molecule has 4 aromatic rings. The average Bonchev–Trinajstić information content (AvgIpc) is 3.47. The van der Waals surface area contributed by atoms with Crippen molar-refractivity contribution < 1.29 is 19.0 Å². The number of nitrogens with one attached hydrogen (secondary N) is 1. The number of fused-ring (bicyclic) bond motifs is 1. The minimum atomic E-state index is -0.621. The quantitative estimate of drug-likeness (QED) is 0.364. The van der Waals surface area contributed by atoms with Gasteiger partial charge in [0, 0.05) is 18.9 Å². The summed E-state index contributed by atoms with van der Waals surface area (Å²) in [6.07, 6.45) is 3.05. The first kappa shape index (κ1) is 23.3. The highest BCUT2D eigenvalue weighted by molar-refractivity contribution is 5.83. The number of para-hydroxylation sites is 2. The second-order valence-corrected chi connectivity index (χ2v) is 8.39. The van der Waals surface area contributed by atoms with Crippen LogP contribution >= 0.6 is 0 Å². The standard InChI is InChI=1S/C28H28N4O4/c1-34-23-11-13-24(14-12-23)35-18-16-29-28(33)27-20-31(25-5-2-3-6-26(25)36-27)19-21-7-9-22(10-8-21)32-17-4-15-30-32/h2-15,17,27H,16,18-20H2,1H3,(H,29,33). The van der Waals surface area contributed by atoms with Gasteiger partial charge in [0.05, 0.1) is 31.6 Å². The Labute approximate surface area is 210 Å². The molecule has 36 heavy (non-hydrogen) atoms. The molecule has 1 aliphatic heterocycles. The van der Waals surface area contributed by atoms with Gasteiger partial charge in [0.2, 0.25) is 0 Å². The van der Waals surface area contributed by atoms with E-state index in [0.29, 0.717) is 32.0 Å². The fourth-order valence-electron chi connectivity index (χ4n) is 4.12. The van der Waals surface area contributed by atoms with Crippen molar-refractivity contribution in [2.24, 2.45) is 0 Å². The first-order chi connectivity index (χ1) is 17.7. The molecule has 3 aromatic carbocycles. The van der Waals surface area contributed by atoms with E-state index in [1.165, 1.54) is 0 Å². The van der Waals surface area contributed by atoms with Crippen molar-refractivity contribution in [3.05, 3.63) is 96.8 Å². The van der Waals surface area contributed by atoms with E-state index >= 15 is 0 Å². The molecule has 2 heterocycles. The number of methoxy groups -OCH3 is 1. The van der Waals surface area contributed by atoms with Crippen molar-refractivity contribution in [1.29, 1.82) is 0 Å². The number of hydrogen-bond donors (Lipinski definition) is 1. The Hall–Kier alpha value is -4.46. The summed E-state index contributed by atoms with van der Waals surface area (Å²) in [5.41, 5.74) is 3.11. The van der Waals surface area contributed by atoms with E-state index in [-0.39, 0.29) is 5.91 Å². The number of carbonyl (C=O) groups is 1. The highest BCUT2D eigenvalue weighted by Crippen LogP contribution is 2.34. The maximum Gasteiger partial charge on any atom is 0.263 e. The Morgan fingerprint density at radius 2 is 1.81 bits per heavy atom. The number of aromatic nitrogens is 2. The zero-order chi connectivity index (χ0) is 24.7. The van der Waals surface area contributed by atoms with Crippen LogP contribution in [0.25, 0.3) is 5.69 Å². The van der Waals surface area contributed by atoms with Gasteiger partial charge in [-0.3, -0.25) is 4.79 Å². The molecular formula is C28H28N4O4. The molecule has 1 unspecified atom stereocenters. The van der Waals surface area contributed by atoms with Crippen molar-refractivity contribution in [3.8, 4) is 22.9 Å². The SMILES string of the molecule is COc1ccc(OCCNC(=O)C2CN(Cc3ccc(-n4cccn4)cc3)c3ccccc3O2)cc1. The lowest BCUT2D eigenvalue weighted by Gasteiger charge is -2.35. The Bertz CT molecular complexity index is 1270. The molecule has 0 radical (unpaired) electrons. The average molecular weight is 485 g/mol. The van der Waals surface area contributed by atoms with E-state index in [1.54, 1.807) is 13.3 Å². The van der Waals surface area contributed by atoms with E-state index in [0.717, 1.165) is 28.4 Å². The van der Waals surface area contributed by atoms with Gasteiger partial charge >= 0.3 is 0 Å². The van der Waals surface area contributed by atoms with Crippen molar-refractivity contribution in [3.63, 3.8) is 0 Å². The summed E-state index contributed by atoms with van der Waals surface area (Å²) in [4.78, 5) is 15.1. The van der Waals surface area contributed by atoms with Gasteiger partial charge in [0.1, 0.15) is 23.9 Å². The number of benzene rings is 3. The Kier molecular flexibility index (Phi) is 7.02. The van der Waals surface area contributed by atoms with Crippen LogP contribution in [0.2, 0.25) is 0 Å².